The van der Waals surface area contributed by atoms with E-state index >= 15 is 0 Å². The van der Waals surface area contributed by atoms with Crippen molar-refractivity contribution in [3.8, 4) is 5.88 Å². The lowest BCUT2D eigenvalue weighted by Gasteiger charge is -2.31. The normalized spacial score (nSPS) is 17.1. The molecule has 2 aliphatic heterocycles. The van der Waals surface area contributed by atoms with E-state index in [0.717, 1.165) is 32.4 Å². The van der Waals surface area contributed by atoms with Crippen LogP contribution in [0.3, 0.4) is 0 Å². The highest BCUT2D eigenvalue weighted by Gasteiger charge is 2.28. The molecule has 0 unspecified atom stereocenters. The van der Waals surface area contributed by atoms with E-state index in [-0.39, 0.29) is 23.8 Å². The number of anilines is 1. The molecular weight excluding hydrogens is 382 g/mol. The summed E-state index contributed by atoms with van der Waals surface area (Å²) in [6.07, 6.45) is 6.03. The highest BCUT2D eigenvalue weighted by Crippen LogP contribution is 2.29. The number of nitrogens with two attached hydrogens (primary N) is 1. The molecule has 1 amide bonds. The van der Waals surface area contributed by atoms with Crippen LogP contribution in [0.4, 0.5) is 5.69 Å². The zero-order valence-electron chi connectivity index (χ0n) is 17.6. The number of rotatable bonds is 6. The van der Waals surface area contributed by atoms with E-state index in [1.807, 2.05) is 29.5 Å². The predicted molar refractivity (Wildman–Crippen MR) is 114 cm³/mol. The number of pyridine rings is 1. The van der Waals surface area contributed by atoms with Crippen molar-refractivity contribution in [1.29, 1.82) is 5.41 Å². The molecule has 8 nitrogen and oxygen atoms in total. The van der Waals surface area contributed by atoms with Crippen LogP contribution in [0.15, 0.2) is 24.5 Å². The van der Waals surface area contributed by atoms with Crippen LogP contribution in [-0.4, -0.2) is 58.5 Å². The zero-order valence-corrected chi connectivity index (χ0v) is 17.6. The number of aromatic nitrogens is 2. The van der Waals surface area contributed by atoms with Crippen LogP contribution in [0.5, 0.6) is 5.88 Å². The standard InChI is InChI=1S/C22H29N5O3/c1-14(2)27-13-15(12-18(27)22(28)26-8-3-9-26)20(24)19-17(23)4-7-25-21(19)30-16-5-10-29-11-6-16/h4,7,12-14,16,24H,3,5-6,8-11H2,1-2H3,(H2,23,25). The molecule has 0 aliphatic carbocycles. The number of hydrogen-bond donors (Lipinski definition) is 2. The Morgan fingerprint density at radius 1 is 1.33 bits per heavy atom. The molecule has 0 atom stereocenters. The maximum absolute atomic E-state index is 12.9. The first-order valence-electron chi connectivity index (χ1n) is 10.5. The fraction of sp³-hybridized carbons (Fsp3) is 0.500. The van der Waals surface area contributed by atoms with Gasteiger partial charge in [0.1, 0.15) is 11.8 Å². The van der Waals surface area contributed by atoms with Crippen molar-refractivity contribution in [2.75, 3.05) is 32.0 Å². The summed E-state index contributed by atoms with van der Waals surface area (Å²) in [5.41, 5.74) is 8.57. The third-order valence-corrected chi connectivity index (χ3v) is 5.70. The lowest BCUT2D eigenvalue weighted by molar-refractivity contribution is 0.0237. The Morgan fingerprint density at radius 3 is 2.70 bits per heavy atom. The van der Waals surface area contributed by atoms with Gasteiger partial charge in [-0.05, 0) is 32.4 Å². The van der Waals surface area contributed by atoms with E-state index in [9.17, 15) is 4.79 Å². The van der Waals surface area contributed by atoms with Crippen LogP contribution in [0.25, 0.3) is 0 Å². The number of likely N-dealkylation sites (tertiary alicyclic amines) is 1. The lowest BCUT2D eigenvalue weighted by atomic mass is 10.0. The molecule has 4 heterocycles. The van der Waals surface area contributed by atoms with Crippen molar-refractivity contribution in [2.45, 2.75) is 45.3 Å². The van der Waals surface area contributed by atoms with Crippen molar-refractivity contribution in [3.63, 3.8) is 0 Å². The number of nitrogens with one attached hydrogen (secondary N) is 1. The smallest absolute Gasteiger partial charge is 0.270 e. The van der Waals surface area contributed by atoms with Gasteiger partial charge in [-0.25, -0.2) is 4.98 Å². The molecule has 2 saturated heterocycles. The second-order valence-electron chi connectivity index (χ2n) is 8.15. The summed E-state index contributed by atoms with van der Waals surface area (Å²) in [5, 5.41) is 8.86. The van der Waals surface area contributed by atoms with Crippen LogP contribution < -0.4 is 10.5 Å². The molecule has 8 heteroatoms. The molecule has 2 aromatic heterocycles. The molecule has 0 radical (unpaired) electrons. The number of nitrogen functional groups attached to an aromatic ring is 1. The summed E-state index contributed by atoms with van der Waals surface area (Å²) in [6, 6.07) is 3.55. The van der Waals surface area contributed by atoms with E-state index in [1.165, 1.54) is 0 Å². The predicted octanol–water partition coefficient (Wildman–Crippen LogP) is 2.87. The highest BCUT2D eigenvalue weighted by atomic mass is 16.5. The van der Waals surface area contributed by atoms with Crippen molar-refractivity contribution < 1.29 is 14.3 Å². The van der Waals surface area contributed by atoms with Gasteiger partial charge in [0.2, 0.25) is 5.88 Å². The maximum Gasteiger partial charge on any atom is 0.270 e. The van der Waals surface area contributed by atoms with Crippen molar-refractivity contribution >= 4 is 17.3 Å². The molecule has 2 aliphatic rings. The number of carbonyl (C=O) groups excluding carboxylic acids is 1. The second-order valence-corrected chi connectivity index (χ2v) is 8.15. The molecule has 30 heavy (non-hydrogen) atoms. The molecule has 3 N–H and O–H groups in total. The van der Waals surface area contributed by atoms with Crippen molar-refractivity contribution in [3.05, 3.63) is 41.3 Å². The third-order valence-electron chi connectivity index (χ3n) is 5.70. The quantitative estimate of drug-likeness (QED) is 0.711. The van der Waals surface area contributed by atoms with Gasteiger partial charge in [0.15, 0.2) is 0 Å². The summed E-state index contributed by atoms with van der Waals surface area (Å²) in [4.78, 5) is 19.1. The number of hydrogen-bond acceptors (Lipinski definition) is 6. The first kappa shape index (κ1) is 20.4. The molecule has 4 rings (SSSR count). The van der Waals surface area contributed by atoms with Gasteiger partial charge in [0.25, 0.3) is 5.91 Å². The molecule has 2 aromatic rings. The minimum Gasteiger partial charge on any atom is -0.474 e. The van der Waals surface area contributed by atoms with E-state index < -0.39 is 0 Å². The minimum absolute atomic E-state index is 0.00633. The Kier molecular flexibility index (Phi) is 5.76. The minimum atomic E-state index is -0.0107. The Balaban J connectivity index is 1.66. The van der Waals surface area contributed by atoms with Gasteiger partial charge in [-0.2, -0.15) is 0 Å². The van der Waals surface area contributed by atoms with Crippen LogP contribution in [0.1, 0.15) is 60.8 Å². The summed E-state index contributed by atoms with van der Waals surface area (Å²) >= 11 is 0. The van der Waals surface area contributed by atoms with Crippen molar-refractivity contribution in [2.24, 2.45) is 0 Å². The van der Waals surface area contributed by atoms with Gasteiger partial charge < -0.3 is 24.7 Å². The van der Waals surface area contributed by atoms with E-state index in [4.69, 9.17) is 20.6 Å². The zero-order chi connectivity index (χ0) is 21.3. The van der Waals surface area contributed by atoms with Crippen LogP contribution in [0, 0.1) is 5.41 Å². The topological polar surface area (TPSA) is 106 Å². The van der Waals surface area contributed by atoms with Crippen LogP contribution in [-0.2, 0) is 4.74 Å². The molecular formula is C22H29N5O3. The Bertz CT molecular complexity index is 942. The summed E-state index contributed by atoms with van der Waals surface area (Å²) < 4.78 is 13.4. The van der Waals surface area contributed by atoms with Crippen LogP contribution in [0.2, 0.25) is 0 Å². The SMILES string of the molecule is CC(C)n1cc(C(=N)c2c(N)ccnc2OC2CCOCC2)cc1C(=O)N1CCC1. The average Bonchev–Trinajstić information content (AvgIpc) is 3.13. The lowest BCUT2D eigenvalue weighted by Crippen LogP contribution is -2.42. The average molecular weight is 412 g/mol. The van der Waals surface area contributed by atoms with Crippen LogP contribution >= 0.6 is 0 Å². The number of amides is 1. The third kappa shape index (κ3) is 3.92. The molecule has 0 aromatic carbocycles. The van der Waals surface area contributed by atoms with Gasteiger partial charge in [0, 0.05) is 55.6 Å². The molecule has 0 saturated carbocycles. The fourth-order valence-electron chi connectivity index (χ4n) is 3.79. The monoisotopic (exact) mass is 411 g/mol. The fourth-order valence-corrected chi connectivity index (χ4v) is 3.79. The number of ether oxygens (including phenoxy) is 2. The summed E-state index contributed by atoms with van der Waals surface area (Å²) in [5.74, 6) is 0.367. The molecule has 160 valence electrons. The maximum atomic E-state index is 12.9. The summed E-state index contributed by atoms with van der Waals surface area (Å²) in [7, 11) is 0. The number of carbonyl (C=O) groups is 1. The molecule has 0 bridgehead atoms. The highest BCUT2D eigenvalue weighted by molar-refractivity contribution is 6.16. The Hall–Kier alpha value is -2.87. The number of nitrogens with zero attached hydrogens (tertiary/aromatic N) is 3. The van der Waals surface area contributed by atoms with Gasteiger partial charge in [-0.15, -0.1) is 0 Å². The Morgan fingerprint density at radius 2 is 2.07 bits per heavy atom. The first-order chi connectivity index (χ1) is 14.5. The molecule has 0 spiro atoms. The van der Waals surface area contributed by atoms with Crippen molar-refractivity contribution in [1.82, 2.24) is 14.5 Å². The van der Waals surface area contributed by atoms with Gasteiger partial charge in [-0.1, -0.05) is 0 Å². The van der Waals surface area contributed by atoms with Gasteiger partial charge >= 0.3 is 0 Å². The van der Waals surface area contributed by atoms with E-state index in [1.54, 1.807) is 18.3 Å². The molecule has 2 fully saturated rings. The Labute approximate surface area is 176 Å². The van der Waals surface area contributed by atoms with E-state index in [0.29, 0.717) is 41.6 Å². The van der Waals surface area contributed by atoms with E-state index in [2.05, 4.69) is 4.98 Å². The van der Waals surface area contributed by atoms with Gasteiger partial charge in [-0.3, -0.25) is 10.2 Å². The second kappa shape index (κ2) is 8.47. The first-order valence-corrected chi connectivity index (χ1v) is 10.5. The largest absolute Gasteiger partial charge is 0.474 e. The van der Waals surface area contributed by atoms with Gasteiger partial charge in [0.05, 0.1) is 24.5 Å². The summed E-state index contributed by atoms with van der Waals surface area (Å²) in [6.45, 7) is 6.93.